The zero-order valence-corrected chi connectivity index (χ0v) is 11.0. The Hall–Kier alpha value is -2.62. The van der Waals surface area contributed by atoms with Crippen molar-refractivity contribution in [1.29, 1.82) is 0 Å². The number of carbonyl (C=O) groups excluding carboxylic acids is 1. The number of fused-ring (bicyclic) bond motifs is 1. The fourth-order valence-electron chi connectivity index (χ4n) is 1.85. The number of hydrogen-bond donors (Lipinski definition) is 2. The van der Waals surface area contributed by atoms with Crippen molar-refractivity contribution in [2.24, 2.45) is 0 Å². The predicted molar refractivity (Wildman–Crippen MR) is 80.5 cm³/mol. The maximum atomic E-state index is 11.8. The van der Waals surface area contributed by atoms with E-state index in [9.17, 15) is 9.90 Å². The number of hydrogen-bond acceptors (Lipinski definition) is 3. The van der Waals surface area contributed by atoms with Gasteiger partial charge in [0.1, 0.15) is 0 Å². The summed E-state index contributed by atoms with van der Waals surface area (Å²) in [6, 6.07) is 7.53. The van der Waals surface area contributed by atoms with Crippen LogP contribution >= 0.6 is 0 Å². The number of carbonyl (C=O) groups is 1. The molecule has 1 heterocycles. The predicted octanol–water partition coefficient (Wildman–Crippen LogP) is 3.58. The van der Waals surface area contributed by atoms with Crippen LogP contribution in [0.15, 0.2) is 61.1 Å². The van der Waals surface area contributed by atoms with Gasteiger partial charge in [-0.05, 0) is 29.7 Å². The normalized spacial score (nSPS) is 11.3. The number of anilines is 1. The summed E-state index contributed by atoms with van der Waals surface area (Å²) >= 11 is 0. The fourth-order valence-corrected chi connectivity index (χ4v) is 1.85. The molecule has 0 spiro atoms. The number of aliphatic hydroxyl groups is 1. The minimum absolute atomic E-state index is 0.137. The number of amides is 1. The van der Waals surface area contributed by atoms with E-state index in [4.69, 9.17) is 0 Å². The first kappa shape index (κ1) is 13.8. The third-order valence-electron chi connectivity index (χ3n) is 2.84. The van der Waals surface area contributed by atoms with Crippen LogP contribution < -0.4 is 5.32 Å². The molecule has 4 nitrogen and oxygen atoms in total. The second kappa shape index (κ2) is 6.52. The highest BCUT2D eigenvalue weighted by Crippen LogP contribution is 2.18. The Kier molecular flexibility index (Phi) is 4.50. The number of aromatic nitrogens is 1. The van der Waals surface area contributed by atoms with Gasteiger partial charge in [0.25, 0.3) is 0 Å². The average Bonchev–Trinajstić information content (AvgIpc) is 2.45. The molecular weight excluding hydrogens is 252 g/mol. The molecule has 2 N–H and O–H groups in total. The van der Waals surface area contributed by atoms with Crippen LogP contribution in [-0.4, -0.2) is 16.0 Å². The molecule has 102 valence electrons. The van der Waals surface area contributed by atoms with Crippen molar-refractivity contribution >= 4 is 22.4 Å². The van der Waals surface area contributed by atoms with E-state index in [1.54, 1.807) is 12.4 Å². The van der Waals surface area contributed by atoms with Crippen molar-refractivity contribution in [3.63, 3.8) is 0 Å². The lowest BCUT2D eigenvalue weighted by atomic mass is 10.1. The second-order valence-electron chi connectivity index (χ2n) is 4.38. The summed E-state index contributed by atoms with van der Waals surface area (Å²) in [6.07, 6.45) is 6.99. The highest BCUT2D eigenvalue weighted by molar-refractivity contribution is 5.94. The fraction of sp³-hybridized carbons (Fsp3) is 0.125. The molecule has 0 unspecified atom stereocenters. The Labute approximate surface area is 117 Å². The molecule has 4 heteroatoms. The topological polar surface area (TPSA) is 62.2 Å². The molecule has 0 radical (unpaired) electrons. The molecule has 0 saturated heterocycles. The van der Waals surface area contributed by atoms with Gasteiger partial charge in [-0.15, -0.1) is 0 Å². The molecule has 1 aromatic carbocycles. The van der Waals surface area contributed by atoms with Gasteiger partial charge in [-0.2, -0.15) is 0 Å². The molecule has 1 aromatic heterocycles. The number of allylic oxidation sites excluding steroid dienone is 3. The quantitative estimate of drug-likeness (QED) is 0.643. The third kappa shape index (κ3) is 3.68. The molecule has 0 aliphatic carbocycles. The summed E-state index contributed by atoms with van der Waals surface area (Å²) in [5.74, 6) is 0.0159. The summed E-state index contributed by atoms with van der Waals surface area (Å²) < 4.78 is 0. The molecule has 0 aliphatic rings. The van der Waals surface area contributed by atoms with Gasteiger partial charge in [-0.1, -0.05) is 18.7 Å². The van der Waals surface area contributed by atoms with Gasteiger partial charge in [0.15, 0.2) is 0 Å². The van der Waals surface area contributed by atoms with E-state index in [1.807, 2.05) is 24.3 Å². The minimum Gasteiger partial charge on any atom is -0.512 e. The second-order valence-corrected chi connectivity index (χ2v) is 4.38. The monoisotopic (exact) mass is 268 g/mol. The van der Waals surface area contributed by atoms with E-state index in [-0.39, 0.29) is 18.1 Å². The highest BCUT2D eigenvalue weighted by Gasteiger charge is 2.04. The highest BCUT2D eigenvalue weighted by atomic mass is 16.3. The Morgan fingerprint density at radius 2 is 2.15 bits per heavy atom. The van der Waals surface area contributed by atoms with Crippen LogP contribution in [-0.2, 0) is 4.79 Å². The van der Waals surface area contributed by atoms with Crippen LogP contribution in [0, 0.1) is 0 Å². The summed E-state index contributed by atoms with van der Waals surface area (Å²) in [4.78, 5) is 15.8. The maximum Gasteiger partial charge on any atom is 0.224 e. The smallest absolute Gasteiger partial charge is 0.224 e. The van der Waals surface area contributed by atoms with E-state index in [1.165, 1.54) is 12.2 Å². The van der Waals surface area contributed by atoms with Gasteiger partial charge >= 0.3 is 0 Å². The number of nitrogens with one attached hydrogen (secondary N) is 1. The standard InChI is InChI=1S/C16H16N2O2/c1-2-3-15(19)6-7-16(20)18-14-5-4-13-11-17-9-8-12(13)10-14/h2-5,8-11,19H,1,6-7H2,(H,18,20)/b15-3+. The summed E-state index contributed by atoms with van der Waals surface area (Å²) in [5, 5.41) is 14.3. The minimum atomic E-state index is -0.137. The van der Waals surface area contributed by atoms with Crippen molar-refractivity contribution in [2.75, 3.05) is 5.32 Å². The van der Waals surface area contributed by atoms with Crippen LogP contribution in [0.25, 0.3) is 10.8 Å². The summed E-state index contributed by atoms with van der Waals surface area (Å²) in [7, 11) is 0. The largest absolute Gasteiger partial charge is 0.512 e. The Balaban J connectivity index is 1.99. The van der Waals surface area contributed by atoms with E-state index in [0.717, 1.165) is 16.5 Å². The van der Waals surface area contributed by atoms with Crippen molar-refractivity contribution < 1.29 is 9.90 Å². The van der Waals surface area contributed by atoms with Gasteiger partial charge in [0.2, 0.25) is 5.91 Å². The molecule has 0 atom stereocenters. The number of pyridine rings is 1. The molecular formula is C16H16N2O2. The number of rotatable bonds is 5. The SMILES string of the molecule is C=C/C=C(/O)CCC(=O)Nc1ccc2cnccc2c1. The van der Waals surface area contributed by atoms with E-state index in [0.29, 0.717) is 6.42 Å². The first-order valence-electron chi connectivity index (χ1n) is 6.33. The van der Waals surface area contributed by atoms with Crippen LogP contribution in [0.3, 0.4) is 0 Å². The lowest BCUT2D eigenvalue weighted by molar-refractivity contribution is -0.116. The lowest BCUT2D eigenvalue weighted by Crippen LogP contribution is -2.11. The molecule has 0 bridgehead atoms. The van der Waals surface area contributed by atoms with Gasteiger partial charge in [0, 0.05) is 36.3 Å². The first-order valence-corrected chi connectivity index (χ1v) is 6.33. The van der Waals surface area contributed by atoms with Crippen LogP contribution in [0.4, 0.5) is 5.69 Å². The molecule has 0 fully saturated rings. The lowest BCUT2D eigenvalue weighted by Gasteiger charge is -2.06. The molecule has 0 aliphatic heterocycles. The van der Waals surface area contributed by atoms with Gasteiger partial charge in [0.05, 0.1) is 5.76 Å². The van der Waals surface area contributed by atoms with Gasteiger partial charge in [-0.3, -0.25) is 9.78 Å². The van der Waals surface area contributed by atoms with Gasteiger partial charge < -0.3 is 10.4 Å². The number of benzene rings is 1. The maximum absolute atomic E-state index is 11.8. The number of aliphatic hydroxyl groups excluding tert-OH is 1. The first-order chi connectivity index (χ1) is 9.69. The Bertz CT molecular complexity index is 662. The van der Waals surface area contributed by atoms with Crippen molar-refractivity contribution in [3.8, 4) is 0 Å². The van der Waals surface area contributed by atoms with Crippen LogP contribution in [0.2, 0.25) is 0 Å². The molecule has 2 aromatic rings. The van der Waals surface area contributed by atoms with Crippen molar-refractivity contribution in [3.05, 3.63) is 61.1 Å². The summed E-state index contributed by atoms with van der Waals surface area (Å²) in [5.41, 5.74) is 0.737. The molecule has 20 heavy (non-hydrogen) atoms. The Morgan fingerprint density at radius 3 is 2.95 bits per heavy atom. The zero-order valence-electron chi connectivity index (χ0n) is 11.0. The number of nitrogens with zero attached hydrogens (tertiary/aromatic N) is 1. The average molecular weight is 268 g/mol. The summed E-state index contributed by atoms with van der Waals surface area (Å²) in [6.45, 7) is 3.48. The zero-order chi connectivity index (χ0) is 14.4. The van der Waals surface area contributed by atoms with Crippen LogP contribution in [0.5, 0.6) is 0 Å². The van der Waals surface area contributed by atoms with E-state index < -0.39 is 0 Å². The molecule has 2 rings (SSSR count). The van der Waals surface area contributed by atoms with Crippen molar-refractivity contribution in [1.82, 2.24) is 4.98 Å². The van der Waals surface area contributed by atoms with Crippen LogP contribution in [0.1, 0.15) is 12.8 Å². The van der Waals surface area contributed by atoms with Crippen molar-refractivity contribution in [2.45, 2.75) is 12.8 Å². The molecule has 0 saturated carbocycles. The van der Waals surface area contributed by atoms with Gasteiger partial charge in [-0.25, -0.2) is 0 Å². The Morgan fingerprint density at radius 1 is 1.30 bits per heavy atom. The molecule has 1 amide bonds. The van der Waals surface area contributed by atoms with E-state index >= 15 is 0 Å². The van der Waals surface area contributed by atoms with E-state index in [2.05, 4.69) is 16.9 Å². The third-order valence-corrected chi connectivity index (χ3v) is 2.84.